The zero-order valence-corrected chi connectivity index (χ0v) is 12.8. The molecular formula is C16H19ClO4. The van der Waals surface area contributed by atoms with Gasteiger partial charge in [-0.1, -0.05) is 11.6 Å². The number of ether oxygens (including phenoxy) is 3. The standard InChI is InChI=1S/C16H19ClO4/c1-2-19-11-5-10(6-11)7-14(18)12-8-15-16(9-13(12)17)21-4-3-20-15/h8-11H,2-7H2,1H3. The smallest absolute Gasteiger partial charge is 0.164 e. The maximum Gasteiger partial charge on any atom is 0.164 e. The van der Waals surface area contributed by atoms with E-state index in [0.29, 0.717) is 53.7 Å². The number of ketones is 1. The van der Waals surface area contributed by atoms with Crippen molar-refractivity contribution in [1.29, 1.82) is 0 Å². The van der Waals surface area contributed by atoms with Gasteiger partial charge in [-0.3, -0.25) is 4.79 Å². The number of carbonyl (C=O) groups excluding carboxylic acids is 1. The van der Waals surface area contributed by atoms with Crippen LogP contribution in [0.2, 0.25) is 5.02 Å². The van der Waals surface area contributed by atoms with E-state index in [1.807, 2.05) is 6.92 Å². The van der Waals surface area contributed by atoms with E-state index in [2.05, 4.69) is 0 Å². The van der Waals surface area contributed by atoms with E-state index in [1.165, 1.54) is 0 Å². The van der Waals surface area contributed by atoms with Crippen LogP contribution in [0.15, 0.2) is 12.1 Å². The maximum absolute atomic E-state index is 12.4. The third-order valence-electron chi connectivity index (χ3n) is 4.00. The topological polar surface area (TPSA) is 44.8 Å². The highest BCUT2D eigenvalue weighted by Crippen LogP contribution is 2.38. The molecule has 2 aliphatic rings. The summed E-state index contributed by atoms with van der Waals surface area (Å²) in [6.07, 6.45) is 2.76. The molecule has 1 saturated carbocycles. The van der Waals surface area contributed by atoms with Gasteiger partial charge >= 0.3 is 0 Å². The average molecular weight is 311 g/mol. The van der Waals surface area contributed by atoms with Crippen LogP contribution >= 0.6 is 11.6 Å². The zero-order chi connectivity index (χ0) is 14.8. The van der Waals surface area contributed by atoms with Crippen LogP contribution in [-0.4, -0.2) is 31.7 Å². The van der Waals surface area contributed by atoms with E-state index in [0.717, 1.165) is 19.4 Å². The molecule has 0 N–H and O–H groups in total. The molecule has 5 heteroatoms. The van der Waals surface area contributed by atoms with Crippen LogP contribution in [0, 0.1) is 5.92 Å². The van der Waals surface area contributed by atoms with Crippen molar-refractivity contribution < 1.29 is 19.0 Å². The molecule has 0 unspecified atom stereocenters. The molecule has 3 rings (SSSR count). The molecule has 1 aliphatic carbocycles. The first-order chi connectivity index (χ1) is 10.2. The summed E-state index contributed by atoms with van der Waals surface area (Å²) in [6.45, 7) is 3.74. The van der Waals surface area contributed by atoms with Crippen LogP contribution in [-0.2, 0) is 4.74 Å². The lowest BCUT2D eigenvalue weighted by Crippen LogP contribution is -2.32. The molecule has 21 heavy (non-hydrogen) atoms. The molecule has 0 radical (unpaired) electrons. The third kappa shape index (κ3) is 3.16. The molecule has 114 valence electrons. The fraction of sp³-hybridized carbons (Fsp3) is 0.562. The minimum absolute atomic E-state index is 0.0666. The van der Waals surface area contributed by atoms with Gasteiger partial charge in [-0.05, 0) is 31.7 Å². The third-order valence-corrected chi connectivity index (χ3v) is 4.31. The van der Waals surface area contributed by atoms with E-state index in [4.69, 9.17) is 25.8 Å². The summed E-state index contributed by atoms with van der Waals surface area (Å²) in [4.78, 5) is 12.4. The van der Waals surface area contributed by atoms with Gasteiger partial charge in [0.15, 0.2) is 17.3 Å². The Bertz CT molecular complexity index is 537. The highest BCUT2D eigenvalue weighted by Gasteiger charge is 2.32. The van der Waals surface area contributed by atoms with Gasteiger partial charge in [-0.15, -0.1) is 0 Å². The zero-order valence-electron chi connectivity index (χ0n) is 12.1. The summed E-state index contributed by atoms with van der Waals surface area (Å²) >= 11 is 6.20. The van der Waals surface area contributed by atoms with Crippen molar-refractivity contribution in [2.75, 3.05) is 19.8 Å². The van der Waals surface area contributed by atoms with Crippen molar-refractivity contribution >= 4 is 17.4 Å². The van der Waals surface area contributed by atoms with Gasteiger partial charge in [0.1, 0.15) is 13.2 Å². The van der Waals surface area contributed by atoms with Crippen molar-refractivity contribution in [2.24, 2.45) is 5.92 Å². The first kappa shape index (κ1) is 14.7. The number of halogens is 1. The Kier molecular flexibility index (Phi) is 4.36. The predicted octanol–water partition coefficient (Wildman–Crippen LogP) is 3.50. The Hall–Kier alpha value is -1.26. The van der Waals surface area contributed by atoms with Crippen molar-refractivity contribution in [3.05, 3.63) is 22.7 Å². The first-order valence-corrected chi connectivity index (χ1v) is 7.79. The fourth-order valence-corrected chi connectivity index (χ4v) is 3.12. The second kappa shape index (κ2) is 6.24. The number of hydrogen-bond donors (Lipinski definition) is 0. The van der Waals surface area contributed by atoms with E-state index >= 15 is 0 Å². The molecule has 1 aliphatic heterocycles. The van der Waals surface area contributed by atoms with E-state index in [1.54, 1.807) is 12.1 Å². The van der Waals surface area contributed by atoms with Crippen LogP contribution in [0.3, 0.4) is 0 Å². The van der Waals surface area contributed by atoms with E-state index in [9.17, 15) is 4.79 Å². The monoisotopic (exact) mass is 310 g/mol. The minimum atomic E-state index is 0.0666. The average Bonchev–Trinajstić information content (AvgIpc) is 2.44. The summed E-state index contributed by atoms with van der Waals surface area (Å²) in [5.74, 6) is 1.69. The van der Waals surface area contributed by atoms with E-state index in [-0.39, 0.29) is 5.78 Å². The van der Waals surface area contributed by atoms with Crippen molar-refractivity contribution in [3.8, 4) is 11.5 Å². The summed E-state index contributed by atoms with van der Waals surface area (Å²) in [5.41, 5.74) is 0.528. The van der Waals surface area contributed by atoms with Gasteiger partial charge in [0.2, 0.25) is 0 Å². The molecule has 1 aromatic rings. The Labute approximate surface area is 129 Å². The Morgan fingerprint density at radius 3 is 2.62 bits per heavy atom. The van der Waals surface area contributed by atoms with Gasteiger partial charge in [-0.2, -0.15) is 0 Å². The molecule has 0 saturated heterocycles. The number of fused-ring (bicyclic) bond motifs is 1. The molecule has 0 aromatic heterocycles. The molecule has 1 fully saturated rings. The second-order valence-electron chi connectivity index (χ2n) is 5.52. The highest BCUT2D eigenvalue weighted by atomic mass is 35.5. The molecule has 4 nitrogen and oxygen atoms in total. The Morgan fingerprint density at radius 2 is 1.95 bits per heavy atom. The molecule has 0 amide bonds. The molecule has 0 atom stereocenters. The maximum atomic E-state index is 12.4. The Morgan fingerprint density at radius 1 is 1.29 bits per heavy atom. The summed E-state index contributed by atoms with van der Waals surface area (Å²) in [5, 5.41) is 0.435. The van der Waals surface area contributed by atoms with Crippen molar-refractivity contribution in [2.45, 2.75) is 32.3 Å². The Balaban J connectivity index is 1.65. The normalized spacial score (nSPS) is 23.5. The fourth-order valence-electron chi connectivity index (χ4n) is 2.86. The van der Waals surface area contributed by atoms with E-state index < -0.39 is 0 Å². The van der Waals surface area contributed by atoms with Crippen molar-refractivity contribution in [1.82, 2.24) is 0 Å². The number of carbonyl (C=O) groups is 1. The first-order valence-electron chi connectivity index (χ1n) is 7.41. The lowest BCUT2D eigenvalue weighted by atomic mass is 9.78. The van der Waals surface area contributed by atoms with Gasteiger partial charge in [0.25, 0.3) is 0 Å². The quantitative estimate of drug-likeness (QED) is 0.781. The molecule has 1 heterocycles. The number of rotatable bonds is 5. The van der Waals surface area contributed by atoms with Crippen LogP contribution in [0.5, 0.6) is 11.5 Å². The summed E-state index contributed by atoms with van der Waals surface area (Å²) < 4.78 is 16.5. The molecular weight excluding hydrogens is 292 g/mol. The lowest BCUT2D eigenvalue weighted by Gasteiger charge is -2.34. The number of benzene rings is 1. The molecule has 1 aromatic carbocycles. The van der Waals surface area contributed by atoms with Crippen LogP contribution in [0.25, 0.3) is 0 Å². The van der Waals surface area contributed by atoms with Crippen LogP contribution in [0.4, 0.5) is 0 Å². The minimum Gasteiger partial charge on any atom is -0.486 e. The van der Waals surface area contributed by atoms with Crippen molar-refractivity contribution in [3.63, 3.8) is 0 Å². The van der Waals surface area contributed by atoms with Gasteiger partial charge in [0, 0.05) is 24.7 Å². The number of hydrogen-bond acceptors (Lipinski definition) is 4. The summed E-state index contributed by atoms with van der Waals surface area (Å²) in [7, 11) is 0. The van der Waals surface area contributed by atoms with Gasteiger partial charge < -0.3 is 14.2 Å². The largest absolute Gasteiger partial charge is 0.486 e. The summed E-state index contributed by atoms with van der Waals surface area (Å²) in [6, 6.07) is 3.38. The lowest BCUT2D eigenvalue weighted by molar-refractivity contribution is -0.0246. The molecule has 0 spiro atoms. The SMILES string of the molecule is CCOC1CC(CC(=O)c2cc3c(cc2Cl)OCCO3)C1. The van der Waals surface area contributed by atoms with Gasteiger partial charge in [0.05, 0.1) is 11.1 Å². The van der Waals surface area contributed by atoms with Gasteiger partial charge in [-0.25, -0.2) is 0 Å². The van der Waals surface area contributed by atoms with Crippen LogP contribution < -0.4 is 9.47 Å². The molecule has 0 bridgehead atoms. The highest BCUT2D eigenvalue weighted by molar-refractivity contribution is 6.34. The number of Topliss-reactive ketones (excluding diaryl/α,β-unsaturated/α-hetero) is 1. The predicted molar refractivity (Wildman–Crippen MR) is 79.5 cm³/mol. The van der Waals surface area contributed by atoms with Crippen LogP contribution in [0.1, 0.15) is 36.5 Å². The second-order valence-corrected chi connectivity index (χ2v) is 5.92.